The van der Waals surface area contributed by atoms with Crippen molar-refractivity contribution in [3.8, 4) is 11.3 Å². The summed E-state index contributed by atoms with van der Waals surface area (Å²) in [6.07, 6.45) is 0. The number of thiophene rings is 1. The molecule has 3 aromatic rings. The third-order valence-corrected chi connectivity index (χ3v) is 5.16. The lowest BCUT2D eigenvalue weighted by molar-refractivity contribution is 0.0533. The highest BCUT2D eigenvalue weighted by molar-refractivity contribution is 7.99. The summed E-state index contributed by atoms with van der Waals surface area (Å²) in [6.45, 7) is 4.13. The lowest BCUT2D eigenvalue weighted by atomic mass is 10.1. The summed E-state index contributed by atoms with van der Waals surface area (Å²) in [5.74, 6) is 0.451. The molecular weight excluding hydrogens is 342 g/mol. The van der Waals surface area contributed by atoms with Crippen molar-refractivity contribution in [1.82, 2.24) is 9.97 Å². The zero-order valence-electron chi connectivity index (χ0n) is 13.4. The Kier molecular flexibility index (Phi) is 5.01. The highest BCUT2D eigenvalue weighted by Gasteiger charge is 2.22. The van der Waals surface area contributed by atoms with Crippen LogP contribution in [0.25, 0.3) is 21.5 Å². The maximum absolute atomic E-state index is 12.1. The van der Waals surface area contributed by atoms with Crippen LogP contribution in [0.1, 0.15) is 23.5 Å². The summed E-state index contributed by atoms with van der Waals surface area (Å²) < 4.78 is 5.10. The van der Waals surface area contributed by atoms with Gasteiger partial charge < -0.3 is 10.5 Å². The number of aromatic nitrogens is 2. The van der Waals surface area contributed by atoms with Crippen molar-refractivity contribution in [3.63, 3.8) is 0 Å². The van der Waals surface area contributed by atoms with E-state index in [1.54, 1.807) is 18.7 Å². The van der Waals surface area contributed by atoms with E-state index >= 15 is 0 Å². The smallest absolute Gasteiger partial charge is 0.350 e. The van der Waals surface area contributed by atoms with Crippen molar-refractivity contribution < 1.29 is 9.53 Å². The molecule has 124 valence electrons. The number of thioether (sulfide) groups is 1. The summed E-state index contributed by atoms with van der Waals surface area (Å²) in [6, 6.07) is 9.80. The van der Waals surface area contributed by atoms with Gasteiger partial charge in [-0.2, -0.15) is 0 Å². The highest BCUT2D eigenvalue weighted by atomic mass is 32.2. The number of ether oxygens (including phenoxy) is 1. The molecule has 0 unspecified atom stereocenters. The first-order valence-electron chi connectivity index (χ1n) is 7.61. The molecule has 0 bridgehead atoms. The normalized spacial score (nSPS) is 10.9. The van der Waals surface area contributed by atoms with Crippen molar-refractivity contribution >= 4 is 45.0 Å². The standard InChI is InChI=1S/C17H17N3O2S2/c1-3-22-16(21)14-12(18)11-13(10-8-6-5-7-9-10)19-17(23-4-2)20-15(11)24-14/h5-9H,3-4,18H2,1-2H3. The van der Waals surface area contributed by atoms with E-state index in [4.69, 9.17) is 10.5 Å². The average molecular weight is 359 g/mol. The van der Waals surface area contributed by atoms with E-state index < -0.39 is 5.97 Å². The predicted octanol–water partition coefficient (Wildman–Crippen LogP) is 4.23. The Morgan fingerprint density at radius 2 is 2.00 bits per heavy atom. The van der Waals surface area contributed by atoms with E-state index in [0.717, 1.165) is 22.4 Å². The minimum absolute atomic E-state index is 0.306. The van der Waals surface area contributed by atoms with Gasteiger partial charge in [0.2, 0.25) is 0 Å². The van der Waals surface area contributed by atoms with E-state index in [1.165, 1.54) is 11.3 Å². The number of nitrogens with two attached hydrogens (primary N) is 1. The van der Waals surface area contributed by atoms with Crippen LogP contribution in [0.2, 0.25) is 0 Å². The Labute approximate surface area is 148 Å². The maximum Gasteiger partial charge on any atom is 0.350 e. The van der Waals surface area contributed by atoms with E-state index in [-0.39, 0.29) is 0 Å². The number of benzene rings is 1. The summed E-state index contributed by atoms with van der Waals surface area (Å²) >= 11 is 2.82. The van der Waals surface area contributed by atoms with Gasteiger partial charge in [0, 0.05) is 5.56 Å². The second kappa shape index (κ2) is 7.19. The minimum atomic E-state index is -0.415. The number of hydrogen-bond donors (Lipinski definition) is 1. The van der Waals surface area contributed by atoms with Gasteiger partial charge in [0.1, 0.15) is 9.71 Å². The molecule has 0 saturated carbocycles. The van der Waals surface area contributed by atoms with Gasteiger partial charge >= 0.3 is 5.97 Å². The van der Waals surface area contributed by atoms with E-state index in [0.29, 0.717) is 27.2 Å². The number of anilines is 1. The monoisotopic (exact) mass is 359 g/mol. The topological polar surface area (TPSA) is 78.1 Å². The Hall–Kier alpha value is -2.12. The zero-order valence-corrected chi connectivity index (χ0v) is 15.0. The first-order valence-corrected chi connectivity index (χ1v) is 9.41. The SMILES string of the molecule is CCOC(=O)c1sc2nc(SCC)nc(-c3ccccc3)c2c1N. The first kappa shape index (κ1) is 16.7. The van der Waals surface area contributed by atoms with Crippen LogP contribution in [-0.2, 0) is 4.74 Å². The molecule has 7 heteroatoms. The van der Waals surface area contributed by atoms with E-state index in [1.807, 2.05) is 37.3 Å². The predicted molar refractivity (Wildman–Crippen MR) is 99.6 cm³/mol. The van der Waals surface area contributed by atoms with Crippen LogP contribution in [0.3, 0.4) is 0 Å². The fraction of sp³-hybridized carbons (Fsp3) is 0.235. The van der Waals surface area contributed by atoms with Crippen molar-refractivity contribution in [2.24, 2.45) is 0 Å². The summed E-state index contributed by atoms with van der Waals surface area (Å²) in [5.41, 5.74) is 8.34. The maximum atomic E-state index is 12.1. The first-order chi connectivity index (χ1) is 11.7. The Bertz CT molecular complexity index is 878. The molecular formula is C17H17N3O2S2. The molecule has 5 nitrogen and oxygen atoms in total. The molecule has 0 radical (unpaired) electrons. The van der Waals surface area contributed by atoms with E-state index in [9.17, 15) is 4.79 Å². The molecule has 0 aliphatic heterocycles. The van der Waals surface area contributed by atoms with Crippen LogP contribution in [0.5, 0.6) is 0 Å². The number of hydrogen-bond acceptors (Lipinski definition) is 7. The van der Waals surface area contributed by atoms with Crippen LogP contribution in [0.4, 0.5) is 5.69 Å². The number of carbonyl (C=O) groups excluding carboxylic acids is 1. The fourth-order valence-corrected chi connectivity index (χ4v) is 3.97. The third kappa shape index (κ3) is 3.09. The number of rotatable bonds is 5. The molecule has 0 aliphatic rings. The number of nitrogen functional groups attached to an aromatic ring is 1. The van der Waals surface area contributed by atoms with Crippen LogP contribution in [0.15, 0.2) is 35.5 Å². The number of nitrogens with zero attached hydrogens (tertiary/aromatic N) is 2. The Morgan fingerprint density at radius 1 is 1.25 bits per heavy atom. The average Bonchev–Trinajstić information content (AvgIpc) is 2.92. The zero-order chi connectivity index (χ0) is 17.1. The lowest BCUT2D eigenvalue weighted by Gasteiger charge is -2.06. The quantitative estimate of drug-likeness (QED) is 0.417. The van der Waals surface area contributed by atoms with Gasteiger partial charge in [-0.25, -0.2) is 14.8 Å². The highest BCUT2D eigenvalue weighted by Crippen LogP contribution is 2.39. The molecule has 2 heterocycles. The molecule has 3 rings (SSSR count). The van der Waals surface area contributed by atoms with Crippen molar-refractivity contribution in [2.75, 3.05) is 18.1 Å². The number of carbonyl (C=O) groups is 1. The van der Waals surface area contributed by atoms with Crippen molar-refractivity contribution in [2.45, 2.75) is 19.0 Å². The van der Waals surface area contributed by atoms with E-state index in [2.05, 4.69) is 9.97 Å². The molecule has 2 N–H and O–H groups in total. The molecule has 0 fully saturated rings. The number of fused-ring (bicyclic) bond motifs is 1. The van der Waals surface area contributed by atoms with Crippen LogP contribution in [0, 0.1) is 0 Å². The summed E-state index contributed by atoms with van der Waals surface area (Å²) in [4.78, 5) is 22.5. The molecule has 24 heavy (non-hydrogen) atoms. The van der Waals surface area contributed by atoms with Gasteiger partial charge in [-0.3, -0.25) is 0 Å². The Morgan fingerprint density at radius 3 is 2.67 bits per heavy atom. The number of esters is 1. The van der Waals surface area contributed by atoms with Crippen molar-refractivity contribution in [3.05, 3.63) is 35.2 Å². The van der Waals surface area contributed by atoms with Gasteiger partial charge in [0.15, 0.2) is 5.16 Å². The van der Waals surface area contributed by atoms with Crippen molar-refractivity contribution in [1.29, 1.82) is 0 Å². The summed E-state index contributed by atoms with van der Waals surface area (Å²) in [7, 11) is 0. The van der Waals surface area contributed by atoms with Gasteiger partial charge in [-0.15, -0.1) is 11.3 Å². The second-order valence-corrected chi connectivity index (χ2v) is 7.13. The largest absolute Gasteiger partial charge is 0.462 e. The molecule has 0 saturated heterocycles. The molecule has 2 aromatic heterocycles. The van der Waals surface area contributed by atoms with Gasteiger partial charge in [0.25, 0.3) is 0 Å². The molecule has 0 aliphatic carbocycles. The Balaban J connectivity index is 2.26. The fourth-order valence-electron chi connectivity index (χ4n) is 2.35. The second-order valence-electron chi connectivity index (χ2n) is 4.90. The minimum Gasteiger partial charge on any atom is -0.462 e. The molecule has 0 amide bonds. The lowest BCUT2D eigenvalue weighted by Crippen LogP contribution is -2.05. The molecule has 0 atom stereocenters. The third-order valence-electron chi connectivity index (χ3n) is 3.35. The summed E-state index contributed by atoms with van der Waals surface area (Å²) in [5, 5.41) is 1.40. The molecule has 0 spiro atoms. The van der Waals surface area contributed by atoms with Crippen LogP contribution in [-0.4, -0.2) is 28.3 Å². The van der Waals surface area contributed by atoms with Gasteiger partial charge in [-0.1, -0.05) is 49.0 Å². The molecule has 1 aromatic carbocycles. The van der Waals surface area contributed by atoms with Crippen LogP contribution >= 0.6 is 23.1 Å². The van der Waals surface area contributed by atoms with Gasteiger partial charge in [-0.05, 0) is 12.7 Å². The van der Waals surface area contributed by atoms with Crippen LogP contribution < -0.4 is 5.73 Å². The van der Waals surface area contributed by atoms with Gasteiger partial charge in [0.05, 0.1) is 23.4 Å².